The van der Waals surface area contributed by atoms with Gasteiger partial charge in [0.2, 0.25) is 0 Å². The molecule has 0 aromatic carbocycles. The minimum Gasteiger partial charge on any atom is -0.426 e. The van der Waals surface area contributed by atoms with Gasteiger partial charge in [0.1, 0.15) is 6.10 Å². The zero-order valence-corrected chi connectivity index (χ0v) is 5.84. The van der Waals surface area contributed by atoms with E-state index in [1.165, 1.54) is 0 Å². The molecule has 0 saturated carbocycles. The van der Waals surface area contributed by atoms with Crippen LogP contribution in [0, 0.1) is 0 Å². The molecule has 8 heavy (non-hydrogen) atoms. The molecule has 1 aliphatic heterocycles. The van der Waals surface area contributed by atoms with Crippen LogP contribution in [0.1, 0.15) is 6.92 Å². The van der Waals surface area contributed by atoms with Crippen LogP contribution >= 0.6 is 15.9 Å². The zero-order valence-electron chi connectivity index (χ0n) is 4.26. The second-order valence-corrected chi connectivity index (χ2v) is 2.44. The highest BCUT2D eigenvalue weighted by atomic mass is 79.9. The Hall–Kier alpha value is -0.250. The lowest BCUT2D eigenvalue weighted by Gasteiger charge is -1.98. The van der Waals surface area contributed by atoms with Gasteiger partial charge in [-0.15, -0.1) is 0 Å². The third kappa shape index (κ3) is 0.940. The smallest absolute Gasteiger partial charge is 0.426 e. The van der Waals surface area contributed by atoms with Crippen LogP contribution in [0.25, 0.3) is 0 Å². The first kappa shape index (κ1) is 5.88. The van der Waals surface area contributed by atoms with Gasteiger partial charge in [-0.1, -0.05) is 0 Å². The van der Waals surface area contributed by atoms with E-state index < -0.39 is 6.16 Å². The molecule has 4 heteroatoms. The van der Waals surface area contributed by atoms with Gasteiger partial charge in [0.05, 0.1) is 0 Å². The zero-order chi connectivity index (χ0) is 6.15. The van der Waals surface area contributed by atoms with Crippen molar-refractivity contribution in [1.82, 2.24) is 0 Å². The van der Waals surface area contributed by atoms with Crippen LogP contribution in [0.3, 0.4) is 0 Å². The Morgan fingerprint density at radius 2 is 2.25 bits per heavy atom. The van der Waals surface area contributed by atoms with E-state index >= 15 is 0 Å². The maximum Gasteiger partial charge on any atom is 0.509 e. The molecular weight excluding hydrogens is 176 g/mol. The predicted octanol–water partition coefficient (Wildman–Crippen LogP) is 1.26. The van der Waals surface area contributed by atoms with Crippen LogP contribution in [-0.2, 0) is 9.47 Å². The van der Waals surface area contributed by atoms with E-state index in [1.807, 2.05) is 0 Å². The van der Waals surface area contributed by atoms with Crippen LogP contribution in [0.4, 0.5) is 4.79 Å². The first-order valence-corrected chi connectivity index (χ1v) is 3.13. The quantitative estimate of drug-likeness (QED) is 0.416. The molecule has 0 spiro atoms. The number of alkyl halides is 1. The van der Waals surface area contributed by atoms with E-state index in [-0.39, 0.29) is 11.1 Å². The number of ether oxygens (including phenoxy) is 2. The molecule has 1 saturated heterocycles. The van der Waals surface area contributed by atoms with Crippen LogP contribution in [-0.4, -0.2) is 17.3 Å². The number of hydrogen-bond donors (Lipinski definition) is 0. The third-order valence-corrected chi connectivity index (χ3v) is 1.79. The fourth-order valence-electron chi connectivity index (χ4n) is 0.421. The number of carbonyl (C=O) groups is 1. The van der Waals surface area contributed by atoms with E-state index in [9.17, 15) is 4.79 Å². The summed E-state index contributed by atoms with van der Waals surface area (Å²) in [6.07, 6.45) is -0.762. The first-order chi connectivity index (χ1) is 3.70. The summed E-state index contributed by atoms with van der Waals surface area (Å²) in [4.78, 5) is 10.2. The summed E-state index contributed by atoms with van der Waals surface area (Å²) in [7, 11) is 0. The molecule has 1 rings (SSSR count). The normalized spacial score (nSPS) is 36.5. The monoisotopic (exact) mass is 180 g/mol. The first-order valence-electron chi connectivity index (χ1n) is 2.21. The highest BCUT2D eigenvalue weighted by molar-refractivity contribution is 9.09. The highest BCUT2D eigenvalue weighted by Gasteiger charge is 2.30. The van der Waals surface area contributed by atoms with Crippen LogP contribution < -0.4 is 0 Å². The Balaban J connectivity index is 2.51. The molecular formula is C4H5BrO3. The van der Waals surface area contributed by atoms with Gasteiger partial charge in [-0.25, -0.2) is 4.79 Å². The summed E-state index contributed by atoms with van der Waals surface area (Å²) >= 11 is 3.08. The van der Waals surface area contributed by atoms with Crippen molar-refractivity contribution in [2.45, 2.75) is 18.0 Å². The average Bonchev–Trinajstić information content (AvgIpc) is 1.85. The fraction of sp³-hybridized carbons (Fsp3) is 0.750. The summed E-state index contributed by atoms with van der Waals surface area (Å²) in [6.45, 7) is 1.75. The molecule has 2 unspecified atom stereocenters. The van der Waals surface area contributed by atoms with Crippen molar-refractivity contribution in [2.75, 3.05) is 0 Å². The number of halogens is 1. The molecule has 3 nitrogen and oxygen atoms in total. The Kier molecular flexibility index (Phi) is 1.42. The van der Waals surface area contributed by atoms with E-state index in [0.29, 0.717) is 0 Å². The number of cyclic esters (lactones) is 2. The predicted molar refractivity (Wildman–Crippen MR) is 29.7 cm³/mol. The summed E-state index contributed by atoms with van der Waals surface area (Å²) < 4.78 is 9.09. The molecule has 0 radical (unpaired) electrons. The number of rotatable bonds is 0. The molecule has 46 valence electrons. The van der Waals surface area contributed by atoms with E-state index in [2.05, 4.69) is 25.4 Å². The minimum absolute atomic E-state index is 0.164. The van der Waals surface area contributed by atoms with Crippen molar-refractivity contribution in [1.29, 1.82) is 0 Å². The van der Waals surface area contributed by atoms with Gasteiger partial charge >= 0.3 is 6.16 Å². The third-order valence-electron chi connectivity index (χ3n) is 0.860. The molecule has 0 bridgehead atoms. The molecule has 0 aromatic heterocycles. The summed E-state index contributed by atoms with van der Waals surface area (Å²) in [5, 5.41) is -0.269. The Morgan fingerprint density at radius 3 is 2.38 bits per heavy atom. The lowest BCUT2D eigenvalue weighted by Crippen LogP contribution is -2.09. The summed E-state index contributed by atoms with van der Waals surface area (Å²) in [5.41, 5.74) is 0. The number of carbonyl (C=O) groups excluding carboxylic acids is 1. The van der Waals surface area contributed by atoms with Crippen LogP contribution in [0.5, 0.6) is 0 Å². The molecule has 0 N–H and O–H groups in total. The SMILES string of the molecule is CC1OC(=O)OC1Br. The number of hydrogen-bond acceptors (Lipinski definition) is 3. The Labute approximate surface area is 55.1 Å². The van der Waals surface area contributed by atoms with Gasteiger partial charge < -0.3 is 9.47 Å². The Bertz CT molecular complexity index is 102. The van der Waals surface area contributed by atoms with E-state index in [4.69, 9.17) is 0 Å². The maximum absolute atomic E-state index is 10.2. The molecule has 0 aromatic rings. The summed E-state index contributed by atoms with van der Waals surface area (Å²) in [5.74, 6) is 0. The second kappa shape index (κ2) is 1.93. The minimum atomic E-state index is -0.598. The van der Waals surface area contributed by atoms with Crippen molar-refractivity contribution in [3.8, 4) is 0 Å². The highest BCUT2D eigenvalue weighted by Crippen LogP contribution is 2.18. The molecule has 0 aliphatic carbocycles. The van der Waals surface area contributed by atoms with Gasteiger partial charge in [0.25, 0.3) is 0 Å². The second-order valence-electron chi connectivity index (χ2n) is 1.54. The summed E-state index contributed by atoms with van der Waals surface area (Å²) in [6, 6.07) is 0. The molecule has 1 aliphatic rings. The lowest BCUT2D eigenvalue weighted by molar-refractivity contribution is 0.121. The van der Waals surface area contributed by atoms with Crippen molar-refractivity contribution in [3.63, 3.8) is 0 Å². The Morgan fingerprint density at radius 1 is 1.62 bits per heavy atom. The van der Waals surface area contributed by atoms with Gasteiger partial charge in [0, 0.05) is 0 Å². The van der Waals surface area contributed by atoms with Gasteiger partial charge in [-0.05, 0) is 22.9 Å². The van der Waals surface area contributed by atoms with Crippen LogP contribution in [0.2, 0.25) is 0 Å². The van der Waals surface area contributed by atoms with Crippen molar-refractivity contribution < 1.29 is 14.3 Å². The average molecular weight is 181 g/mol. The van der Waals surface area contributed by atoms with Gasteiger partial charge in [-0.3, -0.25) is 0 Å². The standard InChI is InChI=1S/C4H5BrO3/c1-2-3(5)8-4(6)7-2/h2-3H,1H3. The van der Waals surface area contributed by atoms with Gasteiger partial charge in [0.15, 0.2) is 5.01 Å². The largest absolute Gasteiger partial charge is 0.509 e. The molecule has 0 amide bonds. The molecule has 2 atom stereocenters. The topological polar surface area (TPSA) is 35.5 Å². The van der Waals surface area contributed by atoms with Crippen molar-refractivity contribution in [2.24, 2.45) is 0 Å². The van der Waals surface area contributed by atoms with Crippen molar-refractivity contribution in [3.05, 3.63) is 0 Å². The van der Waals surface area contributed by atoms with Crippen molar-refractivity contribution >= 4 is 22.1 Å². The van der Waals surface area contributed by atoms with E-state index in [1.54, 1.807) is 6.92 Å². The van der Waals surface area contributed by atoms with E-state index in [0.717, 1.165) is 0 Å². The van der Waals surface area contributed by atoms with Crippen LogP contribution in [0.15, 0.2) is 0 Å². The lowest BCUT2D eigenvalue weighted by atomic mass is 10.5. The molecule has 1 heterocycles. The molecule has 1 fully saturated rings. The fourth-order valence-corrected chi connectivity index (χ4v) is 0.681. The maximum atomic E-state index is 10.2. The van der Waals surface area contributed by atoms with Gasteiger partial charge in [-0.2, -0.15) is 0 Å².